The summed E-state index contributed by atoms with van der Waals surface area (Å²) in [5.41, 5.74) is 2.51. The van der Waals surface area contributed by atoms with Gasteiger partial charge in [0, 0.05) is 11.6 Å². The van der Waals surface area contributed by atoms with E-state index in [1.54, 1.807) is 32.4 Å². The predicted octanol–water partition coefficient (Wildman–Crippen LogP) is 5.34. The minimum Gasteiger partial charge on any atom is -0.497 e. The Kier molecular flexibility index (Phi) is 4.84. The molecular formula is C25H30N2O3. The van der Waals surface area contributed by atoms with Gasteiger partial charge >= 0.3 is 0 Å². The molecule has 2 aromatic rings. The van der Waals surface area contributed by atoms with Crippen molar-refractivity contribution in [2.45, 2.75) is 44.1 Å². The molecule has 4 bridgehead atoms. The SMILES string of the molecule is COc1ccc(C(=O)Nc2ccccc2NC23CC4CC(CC(C4)C2)C3)c(OC)c1. The highest BCUT2D eigenvalue weighted by Gasteiger charge is 2.51. The molecule has 0 radical (unpaired) electrons. The van der Waals surface area contributed by atoms with Gasteiger partial charge in [0.2, 0.25) is 0 Å². The average Bonchev–Trinajstić information content (AvgIpc) is 2.73. The van der Waals surface area contributed by atoms with Gasteiger partial charge in [-0.1, -0.05) is 12.1 Å². The van der Waals surface area contributed by atoms with E-state index in [2.05, 4.69) is 16.7 Å². The highest BCUT2D eigenvalue weighted by molar-refractivity contribution is 6.07. The smallest absolute Gasteiger partial charge is 0.259 e. The third-order valence-electron chi connectivity index (χ3n) is 7.27. The Morgan fingerprint density at radius 3 is 2.13 bits per heavy atom. The molecule has 0 unspecified atom stereocenters. The fraction of sp³-hybridized carbons (Fsp3) is 0.480. The van der Waals surface area contributed by atoms with E-state index in [0.717, 1.165) is 29.1 Å². The molecule has 5 heteroatoms. The van der Waals surface area contributed by atoms with Crippen molar-refractivity contribution in [2.75, 3.05) is 24.9 Å². The van der Waals surface area contributed by atoms with E-state index in [0.29, 0.717) is 17.1 Å². The summed E-state index contributed by atoms with van der Waals surface area (Å²) < 4.78 is 10.7. The molecule has 4 saturated carbocycles. The zero-order chi connectivity index (χ0) is 20.7. The Bertz CT molecular complexity index is 920. The van der Waals surface area contributed by atoms with Gasteiger partial charge in [-0.05, 0) is 80.5 Å². The molecule has 1 amide bonds. The molecule has 0 saturated heterocycles. The van der Waals surface area contributed by atoms with Crippen LogP contribution < -0.4 is 20.1 Å². The van der Waals surface area contributed by atoms with Crippen molar-refractivity contribution in [3.8, 4) is 11.5 Å². The summed E-state index contributed by atoms with van der Waals surface area (Å²) in [5.74, 6) is 3.58. The molecule has 158 valence electrons. The minimum atomic E-state index is -0.186. The van der Waals surface area contributed by atoms with Crippen molar-refractivity contribution in [1.29, 1.82) is 0 Å². The average molecular weight is 407 g/mol. The maximum Gasteiger partial charge on any atom is 0.259 e. The van der Waals surface area contributed by atoms with Crippen LogP contribution in [0.25, 0.3) is 0 Å². The van der Waals surface area contributed by atoms with Crippen LogP contribution in [0.5, 0.6) is 11.5 Å². The predicted molar refractivity (Wildman–Crippen MR) is 118 cm³/mol. The largest absolute Gasteiger partial charge is 0.497 e. The third-order valence-corrected chi connectivity index (χ3v) is 7.27. The number of rotatable bonds is 6. The summed E-state index contributed by atoms with van der Waals surface area (Å²) in [6.45, 7) is 0. The molecule has 0 aliphatic heterocycles. The van der Waals surface area contributed by atoms with Gasteiger partial charge in [-0.15, -0.1) is 0 Å². The van der Waals surface area contributed by atoms with Gasteiger partial charge < -0.3 is 20.1 Å². The second-order valence-corrected chi connectivity index (χ2v) is 9.39. The first-order valence-electron chi connectivity index (χ1n) is 11.0. The van der Waals surface area contributed by atoms with Gasteiger partial charge in [0.05, 0.1) is 31.2 Å². The summed E-state index contributed by atoms with van der Waals surface area (Å²) in [7, 11) is 3.16. The second-order valence-electron chi connectivity index (χ2n) is 9.39. The van der Waals surface area contributed by atoms with E-state index in [1.807, 2.05) is 18.2 Å². The lowest BCUT2D eigenvalue weighted by atomic mass is 9.53. The first-order valence-corrected chi connectivity index (χ1v) is 11.0. The van der Waals surface area contributed by atoms with Gasteiger partial charge in [0.15, 0.2) is 0 Å². The number of methoxy groups -OCH3 is 2. The van der Waals surface area contributed by atoms with Crippen LogP contribution in [0.3, 0.4) is 0 Å². The summed E-state index contributed by atoms with van der Waals surface area (Å²) >= 11 is 0. The molecule has 4 aliphatic carbocycles. The molecule has 4 aliphatic rings. The first kappa shape index (κ1) is 19.3. The summed E-state index contributed by atoms with van der Waals surface area (Å²) in [6, 6.07) is 13.3. The van der Waals surface area contributed by atoms with Crippen LogP contribution in [0.4, 0.5) is 11.4 Å². The Morgan fingerprint density at radius 2 is 1.53 bits per heavy atom. The lowest BCUT2D eigenvalue weighted by Gasteiger charge is -2.57. The molecule has 0 aromatic heterocycles. The molecule has 30 heavy (non-hydrogen) atoms. The molecule has 0 spiro atoms. The quantitative estimate of drug-likeness (QED) is 0.680. The Hall–Kier alpha value is -2.69. The maximum absolute atomic E-state index is 13.0. The highest BCUT2D eigenvalue weighted by Crippen LogP contribution is 2.56. The number of carbonyl (C=O) groups is 1. The number of hydrogen-bond donors (Lipinski definition) is 2. The van der Waals surface area contributed by atoms with E-state index in [1.165, 1.54) is 38.5 Å². The lowest BCUT2D eigenvalue weighted by Crippen LogP contribution is -2.54. The van der Waals surface area contributed by atoms with Crippen LogP contribution in [0.1, 0.15) is 48.9 Å². The first-order chi connectivity index (χ1) is 14.6. The number of carbonyl (C=O) groups excluding carboxylic acids is 1. The van der Waals surface area contributed by atoms with Gasteiger partial charge in [-0.2, -0.15) is 0 Å². The van der Waals surface area contributed by atoms with Gasteiger partial charge in [0.25, 0.3) is 5.91 Å². The van der Waals surface area contributed by atoms with E-state index in [-0.39, 0.29) is 11.4 Å². The molecule has 2 aromatic carbocycles. The van der Waals surface area contributed by atoms with E-state index in [9.17, 15) is 4.79 Å². The summed E-state index contributed by atoms with van der Waals surface area (Å²) in [4.78, 5) is 13.0. The summed E-state index contributed by atoms with van der Waals surface area (Å²) in [5, 5.41) is 6.99. The fourth-order valence-corrected chi connectivity index (χ4v) is 6.43. The monoisotopic (exact) mass is 406 g/mol. The van der Waals surface area contributed by atoms with Gasteiger partial charge in [-0.3, -0.25) is 4.79 Å². The molecule has 2 N–H and O–H groups in total. The van der Waals surface area contributed by atoms with Crippen LogP contribution >= 0.6 is 0 Å². The van der Waals surface area contributed by atoms with Gasteiger partial charge in [0.1, 0.15) is 11.5 Å². The van der Waals surface area contributed by atoms with Crippen molar-refractivity contribution < 1.29 is 14.3 Å². The molecule has 0 atom stereocenters. The topological polar surface area (TPSA) is 59.6 Å². The molecule has 0 heterocycles. The number of ether oxygens (including phenoxy) is 2. The van der Waals surface area contributed by atoms with E-state index < -0.39 is 0 Å². The molecule has 5 nitrogen and oxygen atoms in total. The van der Waals surface area contributed by atoms with Crippen LogP contribution in [-0.4, -0.2) is 25.7 Å². The van der Waals surface area contributed by atoms with Crippen molar-refractivity contribution in [1.82, 2.24) is 0 Å². The Morgan fingerprint density at radius 1 is 0.900 bits per heavy atom. The third kappa shape index (κ3) is 3.51. The number of hydrogen-bond acceptors (Lipinski definition) is 4. The zero-order valence-electron chi connectivity index (χ0n) is 17.7. The number of para-hydroxylation sites is 2. The van der Waals surface area contributed by atoms with Crippen molar-refractivity contribution >= 4 is 17.3 Å². The molecular weight excluding hydrogens is 376 g/mol. The van der Waals surface area contributed by atoms with Crippen LogP contribution in [-0.2, 0) is 0 Å². The maximum atomic E-state index is 13.0. The lowest BCUT2D eigenvalue weighted by molar-refractivity contribution is 0.0107. The van der Waals surface area contributed by atoms with Crippen LogP contribution in [0, 0.1) is 17.8 Å². The summed E-state index contributed by atoms with van der Waals surface area (Å²) in [6.07, 6.45) is 8.01. The normalized spacial score (nSPS) is 28.8. The number of benzene rings is 2. The van der Waals surface area contributed by atoms with Crippen molar-refractivity contribution in [2.24, 2.45) is 17.8 Å². The van der Waals surface area contributed by atoms with Crippen LogP contribution in [0.2, 0.25) is 0 Å². The second kappa shape index (κ2) is 7.53. The standard InChI is InChI=1S/C25H30N2O3/c1-29-19-7-8-20(23(12-19)30-2)24(28)26-21-5-3-4-6-22(21)27-25-13-16-9-17(14-25)11-18(10-16)15-25/h3-8,12,16-18,27H,9-11,13-15H2,1-2H3,(H,26,28). The number of nitrogens with one attached hydrogen (secondary N) is 2. The molecule has 6 rings (SSSR count). The van der Waals surface area contributed by atoms with Crippen LogP contribution in [0.15, 0.2) is 42.5 Å². The Labute approximate surface area is 178 Å². The van der Waals surface area contributed by atoms with Crippen molar-refractivity contribution in [3.05, 3.63) is 48.0 Å². The molecule has 4 fully saturated rings. The van der Waals surface area contributed by atoms with E-state index in [4.69, 9.17) is 9.47 Å². The van der Waals surface area contributed by atoms with E-state index >= 15 is 0 Å². The fourth-order valence-electron chi connectivity index (χ4n) is 6.43. The number of amides is 1. The van der Waals surface area contributed by atoms with Crippen molar-refractivity contribution in [3.63, 3.8) is 0 Å². The zero-order valence-corrected chi connectivity index (χ0v) is 17.7. The minimum absolute atomic E-state index is 0.186. The number of anilines is 2. The van der Waals surface area contributed by atoms with Gasteiger partial charge in [-0.25, -0.2) is 0 Å². The highest BCUT2D eigenvalue weighted by atomic mass is 16.5. The Balaban J connectivity index is 1.38.